The Morgan fingerprint density at radius 3 is 3.08 bits per heavy atom. The molecule has 1 aliphatic heterocycles. The standard InChI is InChI=1S/C9H12N2O2/c1-6-10-8(13-11-6)7-4-9(7)2-3-12-5-9/h7H,2-5H2,1H3. The van der Waals surface area contributed by atoms with Crippen molar-refractivity contribution >= 4 is 0 Å². The Labute approximate surface area is 76.3 Å². The van der Waals surface area contributed by atoms with Crippen molar-refractivity contribution in [3.05, 3.63) is 11.7 Å². The first-order valence-electron chi connectivity index (χ1n) is 4.68. The molecule has 3 rings (SSSR count). The number of hydrogen-bond acceptors (Lipinski definition) is 4. The van der Waals surface area contributed by atoms with E-state index in [2.05, 4.69) is 10.1 Å². The van der Waals surface area contributed by atoms with Crippen LogP contribution < -0.4 is 0 Å². The van der Waals surface area contributed by atoms with Crippen molar-refractivity contribution in [1.29, 1.82) is 0 Å². The number of ether oxygens (including phenoxy) is 1. The van der Waals surface area contributed by atoms with Gasteiger partial charge in [-0.3, -0.25) is 0 Å². The Kier molecular flexibility index (Phi) is 1.34. The first kappa shape index (κ1) is 7.50. The minimum atomic E-state index is 0.360. The molecule has 2 heterocycles. The van der Waals surface area contributed by atoms with Gasteiger partial charge in [0.15, 0.2) is 5.82 Å². The number of nitrogens with zero attached hydrogens (tertiary/aromatic N) is 2. The van der Waals surface area contributed by atoms with Gasteiger partial charge in [-0.25, -0.2) is 0 Å². The highest BCUT2D eigenvalue weighted by molar-refractivity contribution is 5.17. The lowest BCUT2D eigenvalue weighted by molar-refractivity contribution is 0.179. The predicted octanol–water partition coefficient (Wildman–Crippen LogP) is 1.27. The van der Waals surface area contributed by atoms with Crippen LogP contribution >= 0.6 is 0 Å². The van der Waals surface area contributed by atoms with E-state index in [0.29, 0.717) is 11.3 Å². The van der Waals surface area contributed by atoms with Crippen molar-refractivity contribution in [3.8, 4) is 0 Å². The summed E-state index contributed by atoms with van der Waals surface area (Å²) in [6.45, 7) is 3.62. The van der Waals surface area contributed by atoms with Crippen LogP contribution in [-0.2, 0) is 4.74 Å². The molecule has 2 aliphatic rings. The zero-order valence-corrected chi connectivity index (χ0v) is 7.62. The van der Waals surface area contributed by atoms with Gasteiger partial charge >= 0.3 is 0 Å². The molecule has 1 aromatic rings. The monoisotopic (exact) mass is 180 g/mol. The Morgan fingerprint density at radius 1 is 1.54 bits per heavy atom. The summed E-state index contributed by atoms with van der Waals surface area (Å²) in [7, 11) is 0. The second-order valence-corrected chi connectivity index (χ2v) is 4.10. The normalized spacial score (nSPS) is 37.2. The average molecular weight is 180 g/mol. The van der Waals surface area contributed by atoms with Gasteiger partial charge in [0.2, 0.25) is 5.89 Å². The zero-order chi connectivity index (χ0) is 8.89. The quantitative estimate of drug-likeness (QED) is 0.653. The lowest BCUT2D eigenvalue weighted by atomic mass is 10.0. The van der Waals surface area contributed by atoms with E-state index in [1.807, 2.05) is 6.92 Å². The maximum atomic E-state index is 5.39. The summed E-state index contributed by atoms with van der Waals surface area (Å²) in [5, 5.41) is 3.81. The Bertz CT molecular complexity index is 328. The number of aryl methyl sites for hydroxylation is 1. The molecule has 4 heteroatoms. The van der Waals surface area contributed by atoms with Crippen LogP contribution in [0.3, 0.4) is 0 Å². The Hall–Kier alpha value is -0.900. The number of aromatic nitrogens is 2. The van der Waals surface area contributed by atoms with Gasteiger partial charge in [0.05, 0.1) is 6.61 Å². The molecule has 1 aromatic heterocycles. The van der Waals surface area contributed by atoms with E-state index in [1.165, 1.54) is 0 Å². The molecule has 4 nitrogen and oxygen atoms in total. The Balaban J connectivity index is 1.82. The summed E-state index contributed by atoms with van der Waals surface area (Å²) < 4.78 is 10.5. The van der Waals surface area contributed by atoms with E-state index in [9.17, 15) is 0 Å². The fourth-order valence-electron chi connectivity index (χ4n) is 2.21. The van der Waals surface area contributed by atoms with Crippen molar-refractivity contribution in [1.82, 2.24) is 10.1 Å². The summed E-state index contributed by atoms with van der Waals surface area (Å²) in [6.07, 6.45) is 2.31. The topological polar surface area (TPSA) is 48.2 Å². The SMILES string of the molecule is Cc1noc(C2CC23CCOC3)n1. The Morgan fingerprint density at radius 2 is 2.46 bits per heavy atom. The van der Waals surface area contributed by atoms with E-state index >= 15 is 0 Å². The molecule has 0 amide bonds. The molecule has 0 N–H and O–H groups in total. The second kappa shape index (κ2) is 2.32. The summed E-state index contributed by atoms with van der Waals surface area (Å²) in [5.74, 6) is 2.01. The minimum absolute atomic E-state index is 0.360. The molecule has 1 saturated carbocycles. The van der Waals surface area contributed by atoms with Gasteiger partial charge in [0, 0.05) is 17.9 Å². The van der Waals surface area contributed by atoms with Crippen LogP contribution in [0.15, 0.2) is 4.52 Å². The molecule has 70 valence electrons. The molecule has 2 fully saturated rings. The highest BCUT2D eigenvalue weighted by Crippen LogP contribution is 2.63. The van der Waals surface area contributed by atoms with Crippen LogP contribution in [0.1, 0.15) is 30.5 Å². The molecular weight excluding hydrogens is 168 g/mol. The lowest BCUT2D eigenvalue weighted by Gasteiger charge is -2.01. The molecule has 0 bridgehead atoms. The molecule has 1 aliphatic carbocycles. The van der Waals surface area contributed by atoms with Crippen LogP contribution in [0.4, 0.5) is 0 Å². The molecule has 13 heavy (non-hydrogen) atoms. The third-order valence-electron chi connectivity index (χ3n) is 3.16. The molecule has 1 saturated heterocycles. The van der Waals surface area contributed by atoms with Crippen molar-refractivity contribution in [3.63, 3.8) is 0 Å². The van der Waals surface area contributed by atoms with Crippen LogP contribution in [0.2, 0.25) is 0 Å². The average Bonchev–Trinajstić information content (AvgIpc) is 2.50. The number of hydrogen-bond donors (Lipinski definition) is 0. The summed E-state index contributed by atoms with van der Waals surface area (Å²) in [4.78, 5) is 4.26. The van der Waals surface area contributed by atoms with Gasteiger partial charge in [-0.2, -0.15) is 4.98 Å². The summed E-state index contributed by atoms with van der Waals surface area (Å²) in [6, 6.07) is 0. The third-order valence-corrected chi connectivity index (χ3v) is 3.16. The van der Waals surface area contributed by atoms with Crippen molar-refractivity contribution in [2.45, 2.75) is 25.7 Å². The van der Waals surface area contributed by atoms with Gasteiger partial charge in [-0.05, 0) is 19.8 Å². The number of rotatable bonds is 1. The van der Waals surface area contributed by atoms with Crippen LogP contribution in [-0.4, -0.2) is 23.4 Å². The molecule has 2 unspecified atom stereocenters. The first-order chi connectivity index (χ1) is 6.30. The van der Waals surface area contributed by atoms with E-state index in [4.69, 9.17) is 9.26 Å². The highest BCUT2D eigenvalue weighted by Gasteiger charge is 2.59. The van der Waals surface area contributed by atoms with Crippen LogP contribution in [0, 0.1) is 12.3 Å². The van der Waals surface area contributed by atoms with E-state index in [1.54, 1.807) is 0 Å². The van der Waals surface area contributed by atoms with Crippen LogP contribution in [0.25, 0.3) is 0 Å². The molecule has 2 atom stereocenters. The lowest BCUT2D eigenvalue weighted by Crippen LogP contribution is -2.02. The maximum absolute atomic E-state index is 5.39. The zero-order valence-electron chi connectivity index (χ0n) is 7.62. The first-order valence-corrected chi connectivity index (χ1v) is 4.68. The van der Waals surface area contributed by atoms with E-state index in [0.717, 1.165) is 37.8 Å². The smallest absolute Gasteiger partial charge is 0.230 e. The van der Waals surface area contributed by atoms with Gasteiger partial charge in [-0.1, -0.05) is 5.16 Å². The highest BCUT2D eigenvalue weighted by atomic mass is 16.5. The molecular formula is C9H12N2O2. The summed E-state index contributed by atoms with van der Waals surface area (Å²) >= 11 is 0. The van der Waals surface area contributed by atoms with Crippen molar-refractivity contribution < 1.29 is 9.26 Å². The third kappa shape index (κ3) is 1.01. The van der Waals surface area contributed by atoms with Gasteiger partial charge in [0.1, 0.15) is 0 Å². The van der Waals surface area contributed by atoms with Crippen LogP contribution in [0.5, 0.6) is 0 Å². The van der Waals surface area contributed by atoms with Crippen molar-refractivity contribution in [2.75, 3.05) is 13.2 Å². The fourth-order valence-corrected chi connectivity index (χ4v) is 2.21. The summed E-state index contributed by atoms with van der Waals surface area (Å²) in [5.41, 5.74) is 0.360. The predicted molar refractivity (Wildman–Crippen MR) is 44.3 cm³/mol. The molecule has 1 spiro atoms. The minimum Gasteiger partial charge on any atom is -0.381 e. The molecule has 0 radical (unpaired) electrons. The van der Waals surface area contributed by atoms with Gasteiger partial charge in [0.25, 0.3) is 0 Å². The van der Waals surface area contributed by atoms with Gasteiger partial charge in [-0.15, -0.1) is 0 Å². The maximum Gasteiger partial charge on any atom is 0.230 e. The van der Waals surface area contributed by atoms with E-state index in [-0.39, 0.29) is 0 Å². The largest absolute Gasteiger partial charge is 0.381 e. The second-order valence-electron chi connectivity index (χ2n) is 4.10. The van der Waals surface area contributed by atoms with Crippen molar-refractivity contribution in [2.24, 2.45) is 5.41 Å². The molecule has 0 aromatic carbocycles. The van der Waals surface area contributed by atoms with E-state index < -0.39 is 0 Å². The fraction of sp³-hybridized carbons (Fsp3) is 0.778. The van der Waals surface area contributed by atoms with Gasteiger partial charge < -0.3 is 9.26 Å².